The van der Waals surface area contributed by atoms with Gasteiger partial charge in [-0.2, -0.15) is 11.8 Å². The zero-order valence-corrected chi connectivity index (χ0v) is 14.9. The lowest BCUT2D eigenvalue weighted by atomic mass is 10.1. The molecular weight excluding hydrogens is 313 g/mol. The summed E-state index contributed by atoms with van der Waals surface area (Å²) in [6.45, 7) is 4.42. The Morgan fingerprint density at radius 1 is 1.30 bits per heavy atom. The van der Waals surface area contributed by atoms with Crippen molar-refractivity contribution in [3.63, 3.8) is 0 Å². The van der Waals surface area contributed by atoms with Gasteiger partial charge in [0, 0.05) is 31.1 Å². The van der Waals surface area contributed by atoms with Gasteiger partial charge < -0.3 is 10.2 Å². The highest BCUT2D eigenvalue weighted by atomic mass is 32.2. The van der Waals surface area contributed by atoms with Gasteiger partial charge >= 0.3 is 0 Å². The fraction of sp³-hybridized carbons (Fsp3) is 0.588. The summed E-state index contributed by atoms with van der Waals surface area (Å²) in [5.41, 5.74) is 0.999. The molecule has 1 saturated heterocycles. The molecule has 2 rings (SSSR count). The predicted molar refractivity (Wildman–Crippen MR) is 94.2 cm³/mol. The molecule has 1 amide bonds. The summed E-state index contributed by atoms with van der Waals surface area (Å²) < 4.78 is 13.1. The quantitative estimate of drug-likeness (QED) is 0.860. The molecule has 0 bridgehead atoms. The van der Waals surface area contributed by atoms with Crippen LogP contribution in [0.4, 0.5) is 4.39 Å². The standard InChI is InChI=1S/C17H26FN3OS/c1-13(21-8-10-23-11-9-21)17(22)19-12-16(20(2)3)14-4-6-15(18)7-5-14/h4-7,13,16H,8-12H2,1-3H3,(H,19,22)/t13-,16-/m0/s1. The summed E-state index contributed by atoms with van der Waals surface area (Å²) >= 11 is 1.94. The lowest BCUT2D eigenvalue weighted by Crippen LogP contribution is -2.49. The minimum Gasteiger partial charge on any atom is -0.353 e. The largest absolute Gasteiger partial charge is 0.353 e. The van der Waals surface area contributed by atoms with Crippen LogP contribution in [-0.4, -0.2) is 67.0 Å². The average Bonchev–Trinajstić information content (AvgIpc) is 2.56. The van der Waals surface area contributed by atoms with Crippen LogP contribution in [-0.2, 0) is 4.79 Å². The molecule has 0 aliphatic carbocycles. The van der Waals surface area contributed by atoms with Crippen LogP contribution in [0.2, 0.25) is 0 Å². The monoisotopic (exact) mass is 339 g/mol. The molecule has 1 aromatic rings. The topological polar surface area (TPSA) is 35.6 Å². The zero-order chi connectivity index (χ0) is 16.8. The van der Waals surface area contributed by atoms with E-state index in [0.29, 0.717) is 6.54 Å². The van der Waals surface area contributed by atoms with E-state index in [-0.39, 0.29) is 23.8 Å². The second-order valence-corrected chi connectivity index (χ2v) is 7.33. The highest BCUT2D eigenvalue weighted by Crippen LogP contribution is 2.18. The molecule has 0 saturated carbocycles. The molecule has 6 heteroatoms. The molecule has 128 valence electrons. The van der Waals surface area contributed by atoms with Gasteiger partial charge in [0.05, 0.1) is 12.1 Å². The van der Waals surface area contributed by atoms with E-state index in [1.165, 1.54) is 12.1 Å². The Hall–Kier alpha value is -1.11. The molecule has 0 spiro atoms. The van der Waals surface area contributed by atoms with E-state index in [0.717, 1.165) is 30.2 Å². The van der Waals surface area contributed by atoms with E-state index in [2.05, 4.69) is 10.2 Å². The van der Waals surface area contributed by atoms with E-state index < -0.39 is 0 Å². The van der Waals surface area contributed by atoms with Gasteiger partial charge in [-0.05, 0) is 38.7 Å². The first-order valence-electron chi connectivity index (χ1n) is 8.00. The van der Waals surface area contributed by atoms with Crippen molar-refractivity contribution in [3.8, 4) is 0 Å². The normalized spacial score (nSPS) is 18.7. The van der Waals surface area contributed by atoms with Gasteiger partial charge in [0.2, 0.25) is 5.91 Å². The number of hydrogen-bond donors (Lipinski definition) is 1. The molecular formula is C17H26FN3OS. The van der Waals surface area contributed by atoms with Gasteiger partial charge in [0.15, 0.2) is 0 Å². The van der Waals surface area contributed by atoms with Crippen LogP contribution in [0.3, 0.4) is 0 Å². The maximum atomic E-state index is 13.1. The first-order chi connectivity index (χ1) is 11.0. The zero-order valence-electron chi connectivity index (χ0n) is 14.1. The van der Waals surface area contributed by atoms with Crippen LogP contribution in [0.5, 0.6) is 0 Å². The predicted octanol–water partition coefficient (Wildman–Crippen LogP) is 1.98. The number of carbonyl (C=O) groups excluding carboxylic acids is 1. The number of carbonyl (C=O) groups is 1. The van der Waals surface area contributed by atoms with Gasteiger partial charge in [-0.3, -0.25) is 9.69 Å². The van der Waals surface area contributed by atoms with Crippen molar-refractivity contribution in [3.05, 3.63) is 35.6 Å². The highest BCUT2D eigenvalue weighted by Gasteiger charge is 2.24. The van der Waals surface area contributed by atoms with Gasteiger partial charge in [-0.1, -0.05) is 12.1 Å². The second kappa shape index (κ2) is 8.66. The third kappa shape index (κ3) is 5.19. The molecule has 0 unspecified atom stereocenters. The van der Waals surface area contributed by atoms with Crippen LogP contribution in [0.1, 0.15) is 18.5 Å². The van der Waals surface area contributed by atoms with E-state index >= 15 is 0 Å². The van der Waals surface area contributed by atoms with Crippen LogP contribution < -0.4 is 5.32 Å². The van der Waals surface area contributed by atoms with E-state index in [1.54, 1.807) is 12.1 Å². The van der Waals surface area contributed by atoms with Crippen LogP contribution in [0.25, 0.3) is 0 Å². The van der Waals surface area contributed by atoms with E-state index in [9.17, 15) is 9.18 Å². The van der Waals surface area contributed by atoms with Crippen molar-refractivity contribution in [1.29, 1.82) is 0 Å². The molecule has 1 aliphatic rings. The van der Waals surface area contributed by atoms with Gasteiger partial charge in [0.1, 0.15) is 5.82 Å². The summed E-state index contributed by atoms with van der Waals surface area (Å²) in [6.07, 6.45) is 0. The Morgan fingerprint density at radius 3 is 2.48 bits per heavy atom. The number of likely N-dealkylation sites (N-methyl/N-ethyl adjacent to an activating group) is 1. The molecule has 1 fully saturated rings. The average molecular weight is 339 g/mol. The highest BCUT2D eigenvalue weighted by molar-refractivity contribution is 7.99. The number of rotatable bonds is 6. The third-order valence-corrected chi connectivity index (χ3v) is 5.26. The third-order valence-electron chi connectivity index (χ3n) is 4.32. The van der Waals surface area contributed by atoms with Gasteiger partial charge in [-0.15, -0.1) is 0 Å². The Balaban J connectivity index is 1.92. The maximum Gasteiger partial charge on any atom is 0.237 e. The minimum atomic E-state index is -0.244. The fourth-order valence-corrected chi connectivity index (χ4v) is 3.69. The van der Waals surface area contributed by atoms with Gasteiger partial charge in [0.25, 0.3) is 0 Å². The molecule has 2 atom stereocenters. The van der Waals surface area contributed by atoms with Crippen molar-refractivity contribution < 1.29 is 9.18 Å². The molecule has 0 aromatic heterocycles. The Labute approximate surface area is 142 Å². The van der Waals surface area contributed by atoms with Crippen molar-refractivity contribution in [2.45, 2.75) is 19.0 Å². The molecule has 1 N–H and O–H groups in total. The van der Waals surface area contributed by atoms with Crippen LogP contribution >= 0.6 is 11.8 Å². The molecule has 23 heavy (non-hydrogen) atoms. The number of nitrogens with one attached hydrogen (secondary N) is 1. The van der Waals surface area contributed by atoms with E-state index in [1.807, 2.05) is 37.7 Å². The van der Waals surface area contributed by atoms with Gasteiger partial charge in [-0.25, -0.2) is 4.39 Å². The summed E-state index contributed by atoms with van der Waals surface area (Å²) in [5.74, 6) is 2.00. The number of benzene rings is 1. The summed E-state index contributed by atoms with van der Waals surface area (Å²) in [7, 11) is 3.93. The van der Waals surface area contributed by atoms with Crippen molar-refractivity contribution in [2.75, 3.05) is 45.2 Å². The maximum absolute atomic E-state index is 13.1. The SMILES string of the molecule is C[C@@H](C(=O)NC[C@@H](c1ccc(F)cc1)N(C)C)N1CCSCC1. The smallest absolute Gasteiger partial charge is 0.237 e. The summed E-state index contributed by atoms with van der Waals surface area (Å²) in [4.78, 5) is 16.7. The van der Waals surface area contributed by atoms with Crippen molar-refractivity contribution in [2.24, 2.45) is 0 Å². The Morgan fingerprint density at radius 2 is 1.91 bits per heavy atom. The molecule has 1 heterocycles. The second-order valence-electron chi connectivity index (χ2n) is 6.10. The number of halogens is 1. The Kier molecular flexibility index (Phi) is 6.87. The lowest BCUT2D eigenvalue weighted by molar-refractivity contribution is -0.126. The molecule has 0 radical (unpaired) electrons. The van der Waals surface area contributed by atoms with Crippen molar-refractivity contribution in [1.82, 2.24) is 15.1 Å². The number of nitrogens with zero attached hydrogens (tertiary/aromatic N) is 2. The number of hydrogen-bond acceptors (Lipinski definition) is 4. The lowest BCUT2D eigenvalue weighted by Gasteiger charge is -2.32. The van der Waals surface area contributed by atoms with Crippen LogP contribution in [0.15, 0.2) is 24.3 Å². The number of amides is 1. The van der Waals surface area contributed by atoms with Crippen molar-refractivity contribution >= 4 is 17.7 Å². The summed E-state index contributed by atoms with van der Waals surface area (Å²) in [5, 5.41) is 3.05. The molecule has 1 aliphatic heterocycles. The Bertz CT molecular complexity index is 503. The minimum absolute atomic E-state index is 0.0312. The first-order valence-corrected chi connectivity index (χ1v) is 9.16. The number of thioether (sulfide) groups is 1. The molecule has 4 nitrogen and oxygen atoms in total. The molecule has 1 aromatic carbocycles. The summed E-state index contributed by atoms with van der Waals surface area (Å²) in [6, 6.07) is 6.40. The van der Waals surface area contributed by atoms with Crippen LogP contribution in [0, 0.1) is 5.82 Å². The van der Waals surface area contributed by atoms with E-state index in [4.69, 9.17) is 0 Å². The first kappa shape index (κ1) is 18.2. The fourth-order valence-electron chi connectivity index (χ4n) is 2.76.